The van der Waals surface area contributed by atoms with Crippen LogP contribution in [-0.4, -0.2) is 10.1 Å². The number of rotatable bonds is 2. The van der Waals surface area contributed by atoms with E-state index in [4.69, 9.17) is 0 Å². The largest absolute Gasteiger partial charge is 0.388 e. The van der Waals surface area contributed by atoms with Gasteiger partial charge in [-0.3, -0.25) is 4.98 Å². The second kappa shape index (κ2) is 5.58. The molecule has 104 valence electrons. The molecule has 2 saturated carbocycles. The van der Waals surface area contributed by atoms with Gasteiger partial charge in [0.05, 0.1) is 12.3 Å². The SMILES string of the molecule is OC(c1ccncc1F)C1CCC2CCCCC2C1. The number of pyridine rings is 1. The van der Waals surface area contributed by atoms with Crippen molar-refractivity contribution >= 4 is 0 Å². The Balaban J connectivity index is 1.71. The molecule has 1 N–H and O–H groups in total. The van der Waals surface area contributed by atoms with Crippen molar-refractivity contribution in [2.45, 2.75) is 51.0 Å². The minimum absolute atomic E-state index is 0.219. The maximum Gasteiger partial charge on any atom is 0.147 e. The molecule has 1 aromatic rings. The summed E-state index contributed by atoms with van der Waals surface area (Å²) in [6.45, 7) is 0. The lowest BCUT2D eigenvalue weighted by Gasteiger charge is -2.40. The Morgan fingerprint density at radius 1 is 1.16 bits per heavy atom. The molecular formula is C16H22FNO. The predicted molar refractivity (Wildman–Crippen MR) is 71.9 cm³/mol. The maximum atomic E-state index is 13.7. The van der Waals surface area contributed by atoms with Gasteiger partial charge >= 0.3 is 0 Å². The van der Waals surface area contributed by atoms with Gasteiger partial charge in [0.1, 0.15) is 5.82 Å². The molecule has 4 atom stereocenters. The summed E-state index contributed by atoms with van der Waals surface area (Å²) in [5.74, 6) is 1.46. The lowest BCUT2D eigenvalue weighted by molar-refractivity contribution is 0.0329. The molecule has 1 aromatic heterocycles. The number of nitrogens with zero attached hydrogens (tertiary/aromatic N) is 1. The van der Waals surface area contributed by atoms with Gasteiger partial charge in [-0.15, -0.1) is 0 Å². The fourth-order valence-corrected chi connectivity index (χ4v) is 4.08. The number of hydrogen-bond acceptors (Lipinski definition) is 2. The fourth-order valence-electron chi connectivity index (χ4n) is 4.08. The molecule has 0 spiro atoms. The molecule has 0 radical (unpaired) electrons. The van der Waals surface area contributed by atoms with Crippen LogP contribution in [0.3, 0.4) is 0 Å². The van der Waals surface area contributed by atoms with Crippen molar-refractivity contribution in [1.29, 1.82) is 0 Å². The zero-order valence-electron chi connectivity index (χ0n) is 11.3. The van der Waals surface area contributed by atoms with E-state index in [1.165, 1.54) is 38.3 Å². The second-order valence-electron chi connectivity index (χ2n) is 6.22. The summed E-state index contributed by atoms with van der Waals surface area (Å²) in [6.07, 6.45) is 10.8. The van der Waals surface area contributed by atoms with E-state index in [0.717, 1.165) is 24.7 Å². The van der Waals surface area contributed by atoms with Gasteiger partial charge in [0.2, 0.25) is 0 Å². The van der Waals surface area contributed by atoms with Crippen molar-refractivity contribution in [2.75, 3.05) is 0 Å². The fraction of sp³-hybridized carbons (Fsp3) is 0.688. The molecule has 4 unspecified atom stereocenters. The number of fused-ring (bicyclic) bond motifs is 1. The molecule has 3 heteroatoms. The Hall–Kier alpha value is -0.960. The lowest BCUT2D eigenvalue weighted by atomic mass is 9.66. The van der Waals surface area contributed by atoms with Gasteiger partial charge in [0.25, 0.3) is 0 Å². The summed E-state index contributed by atoms with van der Waals surface area (Å²) >= 11 is 0. The zero-order chi connectivity index (χ0) is 13.2. The van der Waals surface area contributed by atoms with Crippen molar-refractivity contribution in [3.63, 3.8) is 0 Å². The van der Waals surface area contributed by atoms with Crippen LogP contribution in [-0.2, 0) is 0 Å². The third kappa shape index (κ3) is 2.66. The molecule has 2 fully saturated rings. The first-order valence-corrected chi connectivity index (χ1v) is 7.53. The van der Waals surface area contributed by atoms with Gasteiger partial charge in [-0.05, 0) is 43.1 Å². The summed E-state index contributed by atoms with van der Waals surface area (Å²) in [4.78, 5) is 3.75. The predicted octanol–water partition coefficient (Wildman–Crippen LogP) is 3.86. The van der Waals surface area contributed by atoms with Crippen molar-refractivity contribution < 1.29 is 9.50 Å². The minimum atomic E-state index is -0.661. The van der Waals surface area contributed by atoms with Crippen LogP contribution >= 0.6 is 0 Å². The van der Waals surface area contributed by atoms with Crippen molar-refractivity contribution in [3.05, 3.63) is 29.8 Å². The molecule has 2 aliphatic rings. The average Bonchev–Trinajstić information content (AvgIpc) is 2.46. The normalized spacial score (nSPS) is 32.6. The van der Waals surface area contributed by atoms with Crippen LogP contribution < -0.4 is 0 Å². The smallest absolute Gasteiger partial charge is 0.147 e. The zero-order valence-corrected chi connectivity index (χ0v) is 11.3. The maximum absolute atomic E-state index is 13.7. The Bertz CT molecular complexity index is 437. The van der Waals surface area contributed by atoms with Crippen LogP contribution in [0.25, 0.3) is 0 Å². The van der Waals surface area contributed by atoms with Crippen molar-refractivity contribution in [2.24, 2.45) is 17.8 Å². The third-order valence-corrected chi connectivity index (χ3v) is 5.15. The van der Waals surface area contributed by atoms with Crippen molar-refractivity contribution in [1.82, 2.24) is 4.98 Å². The summed E-state index contributed by atoms with van der Waals surface area (Å²) < 4.78 is 13.7. The van der Waals surface area contributed by atoms with E-state index in [-0.39, 0.29) is 11.7 Å². The Kier molecular flexibility index (Phi) is 3.83. The van der Waals surface area contributed by atoms with E-state index < -0.39 is 6.10 Å². The summed E-state index contributed by atoms with van der Waals surface area (Å²) in [6, 6.07) is 1.62. The highest BCUT2D eigenvalue weighted by Gasteiger charge is 2.35. The quantitative estimate of drug-likeness (QED) is 0.879. The van der Waals surface area contributed by atoms with E-state index in [1.54, 1.807) is 12.3 Å². The third-order valence-electron chi connectivity index (χ3n) is 5.15. The number of halogens is 1. The first-order chi connectivity index (χ1) is 9.25. The summed E-state index contributed by atoms with van der Waals surface area (Å²) in [7, 11) is 0. The number of hydrogen-bond donors (Lipinski definition) is 1. The number of aliphatic hydroxyl groups is 1. The Morgan fingerprint density at radius 2 is 1.95 bits per heavy atom. The molecule has 0 bridgehead atoms. The van der Waals surface area contributed by atoms with E-state index in [2.05, 4.69) is 4.98 Å². The van der Waals surface area contributed by atoms with Crippen LogP contribution in [0.2, 0.25) is 0 Å². The van der Waals surface area contributed by atoms with Crippen molar-refractivity contribution in [3.8, 4) is 0 Å². The summed E-state index contributed by atoms with van der Waals surface area (Å²) in [5, 5.41) is 10.4. The molecule has 0 aromatic carbocycles. The minimum Gasteiger partial charge on any atom is -0.388 e. The molecule has 0 aliphatic heterocycles. The molecule has 19 heavy (non-hydrogen) atoms. The van der Waals surface area contributed by atoms with Gasteiger partial charge in [0, 0.05) is 11.8 Å². The summed E-state index contributed by atoms with van der Waals surface area (Å²) in [5.41, 5.74) is 0.425. The number of aliphatic hydroxyl groups excluding tert-OH is 1. The first kappa shape index (κ1) is 13.0. The molecule has 2 nitrogen and oxygen atoms in total. The molecule has 0 saturated heterocycles. The number of aromatic nitrogens is 1. The highest BCUT2D eigenvalue weighted by molar-refractivity contribution is 5.16. The van der Waals surface area contributed by atoms with Crippen LogP contribution in [0.5, 0.6) is 0 Å². The standard InChI is InChI=1S/C16H22FNO/c17-15-10-18-8-7-14(15)16(19)13-6-5-11-3-1-2-4-12(11)9-13/h7-8,10-13,16,19H,1-6,9H2. The molecule has 1 heterocycles. The average molecular weight is 263 g/mol. The highest BCUT2D eigenvalue weighted by Crippen LogP contribution is 2.46. The van der Waals surface area contributed by atoms with Crippen LogP contribution in [0.4, 0.5) is 4.39 Å². The molecular weight excluding hydrogens is 241 g/mol. The van der Waals surface area contributed by atoms with Crippen LogP contribution in [0.15, 0.2) is 18.5 Å². The van der Waals surface area contributed by atoms with E-state index in [1.807, 2.05) is 0 Å². The second-order valence-corrected chi connectivity index (χ2v) is 6.22. The molecule has 3 rings (SSSR count). The van der Waals surface area contributed by atoms with Crippen LogP contribution in [0, 0.1) is 23.6 Å². The van der Waals surface area contributed by atoms with E-state index in [0.29, 0.717) is 5.56 Å². The van der Waals surface area contributed by atoms with Gasteiger partial charge in [-0.25, -0.2) is 4.39 Å². The van der Waals surface area contributed by atoms with E-state index in [9.17, 15) is 9.50 Å². The molecule has 0 amide bonds. The van der Waals surface area contributed by atoms with Gasteiger partial charge in [-0.1, -0.05) is 25.7 Å². The van der Waals surface area contributed by atoms with Gasteiger partial charge in [-0.2, -0.15) is 0 Å². The topological polar surface area (TPSA) is 33.1 Å². The van der Waals surface area contributed by atoms with E-state index >= 15 is 0 Å². The first-order valence-electron chi connectivity index (χ1n) is 7.53. The molecule has 2 aliphatic carbocycles. The monoisotopic (exact) mass is 263 g/mol. The van der Waals surface area contributed by atoms with Gasteiger partial charge < -0.3 is 5.11 Å². The lowest BCUT2D eigenvalue weighted by Crippen LogP contribution is -2.30. The van der Waals surface area contributed by atoms with Crippen LogP contribution in [0.1, 0.15) is 56.6 Å². The Morgan fingerprint density at radius 3 is 2.74 bits per heavy atom. The Labute approximate surface area is 114 Å². The highest BCUT2D eigenvalue weighted by atomic mass is 19.1. The van der Waals surface area contributed by atoms with Gasteiger partial charge in [0.15, 0.2) is 0 Å².